The summed E-state index contributed by atoms with van der Waals surface area (Å²) >= 11 is 1.87. The molecule has 20 heavy (non-hydrogen) atoms. The molecule has 1 unspecified atom stereocenters. The van der Waals surface area contributed by atoms with Gasteiger partial charge < -0.3 is 20.1 Å². The van der Waals surface area contributed by atoms with Gasteiger partial charge in [-0.2, -0.15) is 0 Å². The van der Waals surface area contributed by atoms with Crippen molar-refractivity contribution in [2.75, 3.05) is 33.4 Å². The molecule has 1 aliphatic heterocycles. The van der Waals surface area contributed by atoms with Gasteiger partial charge in [0.05, 0.1) is 12.7 Å². The fraction of sp³-hybridized carbons (Fsp3) is 0.733. The van der Waals surface area contributed by atoms with E-state index in [1.54, 1.807) is 7.11 Å². The van der Waals surface area contributed by atoms with Crippen LogP contribution in [0.5, 0.6) is 0 Å². The highest BCUT2D eigenvalue weighted by Crippen LogP contribution is 2.16. The van der Waals surface area contributed by atoms with Crippen molar-refractivity contribution in [3.63, 3.8) is 0 Å². The van der Waals surface area contributed by atoms with Crippen LogP contribution in [0.25, 0.3) is 0 Å². The van der Waals surface area contributed by atoms with Gasteiger partial charge in [-0.15, -0.1) is 11.3 Å². The maximum absolute atomic E-state index is 9.74. The Morgan fingerprint density at radius 2 is 2.20 bits per heavy atom. The second-order valence-electron chi connectivity index (χ2n) is 5.58. The molecule has 2 rings (SSSR count). The number of nitrogens with one attached hydrogen (secondary N) is 1. The van der Waals surface area contributed by atoms with E-state index in [2.05, 4.69) is 29.3 Å². The number of ether oxygens (including phenoxy) is 1. The van der Waals surface area contributed by atoms with Gasteiger partial charge in [0.2, 0.25) is 0 Å². The number of hydrogen-bond acceptors (Lipinski definition) is 5. The lowest BCUT2D eigenvalue weighted by Crippen LogP contribution is -2.45. The van der Waals surface area contributed by atoms with Crippen molar-refractivity contribution in [1.82, 2.24) is 10.2 Å². The number of aryl methyl sites for hydroxylation is 1. The quantitative estimate of drug-likeness (QED) is 0.803. The summed E-state index contributed by atoms with van der Waals surface area (Å²) in [6.45, 7) is 6.40. The van der Waals surface area contributed by atoms with E-state index in [0.29, 0.717) is 12.6 Å². The van der Waals surface area contributed by atoms with Gasteiger partial charge in [-0.25, -0.2) is 0 Å². The Balaban J connectivity index is 1.64. The number of hydrogen-bond donors (Lipinski definition) is 2. The van der Waals surface area contributed by atoms with Crippen molar-refractivity contribution in [2.45, 2.75) is 38.5 Å². The van der Waals surface area contributed by atoms with Crippen LogP contribution < -0.4 is 5.32 Å². The molecule has 0 amide bonds. The average Bonchev–Trinajstić information content (AvgIpc) is 2.84. The average molecular weight is 298 g/mol. The second kappa shape index (κ2) is 8.10. The molecular weight excluding hydrogens is 272 g/mol. The summed E-state index contributed by atoms with van der Waals surface area (Å²) in [6.07, 6.45) is 1.95. The van der Waals surface area contributed by atoms with Gasteiger partial charge in [-0.05, 0) is 45.0 Å². The van der Waals surface area contributed by atoms with E-state index in [-0.39, 0.29) is 6.10 Å². The van der Waals surface area contributed by atoms with Gasteiger partial charge in [-0.1, -0.05) is 0 Å². The second-order valence-corrected chi connectivity index (χ2v) is 6.95. The standard InChI is InChI=1S/C15H26N2O2S/c1-12-3-4-15(20-12)9-16-13-5-7-17(8-6-13)10-14(18)11-19-2/h3-4,13-14,16,18H,5-11H2,1-2H3. The third kappa shape index (κ3) is 5.14. The summed E-state index contributed by atoms with van der Waals surface area (Å²) < 4.78 is 4.97. The molecule has 2 N–H and O–H groups in total. The monoisotopic (exact) mass is 298 g/mol. The molecule has 0 spiro atoms. The fourth-order valence-corrected chi connectivity index (χ4v) is 3.53. The van der Waals surface area contributed by atoms with Gasteiger partial charge >= 0.3 is 0 Å². The van der Waals surface area contributed by atoms with E-state index in [9.17, 15) is 5.11 Å². The predicted molar refractivity (Wildman–Crippen MR) is 83.2 cm³/mol. The van der Waals surface area contributed by atoms with Gasteiger partial charge in [0.1, 0.15) is 0 Å². The smallest absolute Gasteiger partial charge is 0.0900 e. The van der Waals surface area contributed by atoms with Crippen LogP contribution in [0, 0.1) is 6.92 Å². The molecule has 1 saturated heterocycles. The van der Waals surface area contributed by atoms with Crippen LogP contribution in [-0.4, -0.2) is 55.5 Å². The summed E-state index contributed by atoms with van der Waals surface area (Å²) in [5.74, 6) is 0. The van der Waals surface area contributed by atoms with Gasteiger partial charge in [-0.3, -0.25) is 0 Å². The molecule has 0 radical (unpaired) electrons. The van der Waals surface area contributed by atoms with Crippen molar-refractivity contribution < 1.29 is 9.84 Å². The highest BCUT2D eigenvalue weighted by molar-refractivity contribution is 7.11. The first kappa shape index (κ1) is 15.9. The Kier molecular flexibility index (Phi) is 6.45. The zero-order valence-corrected chi connectivity index (χ0v) is 13.3. The van der Waals surface area contributed by atoms with Crippen molar-refractivity contribution >= 4 is 11.3 Å². The Hall–Kier alpha value is -0.460. The lowest BCUT2D eigenvalue weighted by atomic mass is 10.0. The summed E-state index contributed by atoms with van der Waals surface area (Å²) in [5, 5.41) is 13.4. The first-order valence-corrected chi connectivity index (χ1v) is 8.17. The summed E-state index contributed by atoms with van der Waals surface area (Å²) in [4.78, 5) is 5.13. The molecule has 1 atom stereocenters. The van der Waals surface area contributed by atoms with E-state index in [4.69, 9.17) is 4.74 Å². The topological polar surface area (TPSA) is 44.7 Å². The SMILES string of the molecule is COCC(O)CN1CCC(NCc2ccc(C)s2)CC1. The predicted octanol–water partition coefficient (Wildman–Crippen LogP) is 1.62. The maximum atomic E-state index is 9.74. The minimum Gasteiger partial charge on any atom is -0.389 e. The number of likely N-dealkylation sites (tertiary alicyclic amines) is 1. The molecule has 0 aliphatic carbocycles. The van der Waals surface area contributed by atoms with Crippen molar-refractivity contribution in [3.8, 4) is 0 Å². The Labute approximate surface area is 125 Å². The van der Waals surface area contributed by atoms with Crippen LogP contribution >= 0.6 is 11.3 Å². The van der Waals surface area contributed by atoms with Crippen molar-refractivity contribution in [2.24, 2.45) is 0 Å². The zero-order valence-electron chi connectivity index (χ0n) is 12.5. The molecule has 1 fully saturated rings. The number of methoxy groups -OCH3 is 1. The molecule has 0 bridgehead atoms. The van der Waals surface area contributed by atoms with Crippen LogP contribution in [0.1, 0.15) is 22.6 Å². The lowest BCUT2D eigenvalue weighted by Gasteiger charge is -2.33. The fourth-order valence-electron chi connectivity index (χ4n) is 2.69. The zero-order chi connectivity index (χ0) is 14.4. The molecule has 0 aromatic carbocycles. The number of piperidine rings is 1. The number of nitrogens with zero attached hydrogens (tertiary/aromatic N) is 1. The van der Waals surface area contributed by atoms with Crippen LogP contribution in [-0.2, 0) is 11.3 Å². The lowest BCUT2D eigenvalue weighted by molar-refractivity contribution is 0.0310. The molecule has 0 saturated carbocycles. The Bertz CT molecular complexity index is 389. The highest BCUT2D eigenvalue weighted by atomic mass is 32.1. The van der Waals surface area contributed by atoms with Crippen LogP contribution in [0.3, 0.4) is 0 Å². The van der Waals surface area contributed by atoms with Gasteiger partial charge in [0.15, 0.2) is 0 Å². The van der Waals surface area contributed by atoms with Crippen molar-refractivity contribution in [1.29, 1.82) is 0 Å². The van der Waals surface area contributed by atoms with E-state index in [0.717, 1.165) is 39.0 Å². The third-order valence-electron chi connectivity index (χ3n) is 3.78. The number of aliphatic hydroxyl groups is 1. The van der Waals surface area contributed by atoms with Crippen molar-refractivity contribution in [3.05, 3.63) is 21.9 Å². The summed E-state index contributed by atoms with van der Waals surface area (Å²) in [6, 6.07) is 5.00. The minimum absolute atomic E-state index is 0.362. The molecule has 5 heteroatoms. The van der Waals surface area contributed by atoms with Gasteiger partial charge in [0.25, 0.3) is 0 Å². The molecule has 114 valence electrons. The number of β-amino-alcohol motifs (C(OH)–C–C–N with tert-alkyl or cyclic N) is 1. The Morgan fingerprint density at radius 1 is 1.45 bits per heavy atom. The molecule has 1 aromatic rings. The normalized spacial score (nSPS) is 19.4. The Morgan fingerprint density at radius 3 is 2.80 bits per heavy atom. The number of thiophene rings is 1. The van der Waals surface area contributed by atoms with Crippen LogP contribution in [0.15, 0.2) is 12.1 Å². The van der Waals surface area contributed by atoms with Crippen LogP contribution in [0.4, 0.5) is 0 Å². The minimum atomic E-state index is -0.362. The molecule has 2 heterocycles. The first-order chi connectivity index (χ1) is 9.67. The van der Waals surface area contributed by atoms with E-state index >= 15 is 0 Å². The largest absolute Gasteiger partial charge is 0.389 e. The summed E-state index contributed by atoms with van der Waals surface area (Å²) in [7, 11) is 1.63. The maximum Gasteiger partial charge on any atom is 0.0900 e. The van der Waals surface area contributed by atoms with E-state index < -0.39 is 0 Å². The van der Waals surface area contributed by atoms with Gasteiger partial charge in [0, 0.05) is 36.0 Å². The third-order valence-corrected chi connectivity index (χ3v) is 4.78. The first-order valence-electron chi connectivity index (χ1n) is 7.35. The number of aliphatic hydroxyl groups excluding tert-OH is 1. The van der Waals surface area contributed by atoms with Crippen LogP contribution in [0.2, 0.25) is 0 Å². The molecule has 4 nitrogen and oxygen atoms in total. The molecule has 1 aromatic heterocycles. The number of rotatable bonds is 7. The molecular formula is C15H26N2O2S. The van der Waals surface area contributed by atoms with E-state index in [1.807, 2.05) is 11.3 Å². The summed E-state index contributed by atoms with van der Waals surface area (Å²) in [5.41, 5.74) is 0. The van der Waals surface area contributed by atoms with E-state index in [1.165, 1.54) is 9.75 Å². The molecule has 1 aliphatic rings. The highest BCUT2D eigenvalue weighted by Gasteiger charge is 2.20.